The van der Waals surface area contributed by atoms with Crippen LogP contribution in [0.2, 0.25) is 0 Å². The lowest BCUT2D eigenvalue weighted by Crippen LogP contribution is -2.19. The second kappa shape index (κ2) is 7.01. The lowest BCUT2D eigenvalue weighted by atomic mass is 10.2. The molecule has 4 nitrogen and oxygen atoms in total. The Balaban J connectivity index is 2.08. The first-order valence-corrected chi connectivity index (χ1v) is 6.86. The summed E-state index contributed by atoms with van der Waals surface area (Å²) in [5.41, 5.74) is 2.00. The number of aromatic nitrogens is 2. The minimum atomic E-state index is 0.637. The second-order valence-electron chi connectivity index (χ2n) is 5.12. The van der Waals surface area contributed by atoms with Gasteiger partial charge in [-0.05, 0) is 42.8 Å². The minimum absolute atomic E-state index is 0.637. The fourth-order valence-electron chi connectivity index (χ4n) is 1.86. The van der Waals surface area contributed by atoms with Crippen molar-refractivity contribution in [1.29, 1.82) is 0 Å². The smallest absolute Gasteiger partial charge is 0.159 e. The summed E-state index contributed by atoms with van der Waals surface area (Å²) < 4.78 is 5.15. The average molecular weight is 271 g/mol. The maximum absolute atomic E-state index is 5.15. The van der Waals surface area contributed by atoms with Gasteiger partial charge in [-0.2, -0.15) is 0 Å². The Kier molecular flexibility index (Phi) is 5.07. The largest absolute Gasteiger partial charge is 0.497 e. The summed E-state index contributed by atoms with van der Waals surface area (Å²) in [5.74, 6) is 2.22. The van der Waals surface area contributed by atoms with Crippen LogP contribution in [0.4, 0.5) is 0 Å². The molecule has 0 aliphatic carbocycles. The predicted octanol–water partition coefficient (Wildman–Crippen LogP) is 2.90. The second-order valence-corrected chi connectivity index (χ2v) is 5.12. The molecular weight excluding hydrogens is 250 g/mol. The third-order valence-electron chi connectivity index (χ3n) is 2.92. The lowest BCUT2D eigenvalue weighted by Gasteiger charge is -2.08. The molecule has 0 aliphatic heterocycles. The quantitative estimate of drug-likeness (QED) is 0.877. The van der Waals surface area contributed by atoms with Crippen LogP contribution in [-0.2, 0) is 6.54 Å². The Morgan fingerprint density at radius 3 is 2.55 bits per heavy atom. The van der Waals surface area contributed by atoms with Crippen LogP contribution in [0, 0.1) is 5.92 Å². The molecule has 0 atom stereocenters. The molecule has 1 N–H and O–H groups in total. The number of nitrogens with one attached hydrogen (secondary N) is 1. The third-order valence-corrected chi connectivity index (χ3v) is 2.92. The molecule has 1 aromatic carbocycles. The van der Waals surface area contributed by atoms with Gasteiger partial charge in [0.05, 0.1) is 12.8 Å². The van der Waals surface area contributed by atoms with Crippen LogP contribution in [0.5, 0.6) is 5.75 Å². The van der Waals surface area contributed by atoms with E-state index in [9.17, 15) is 0 Å². The molecule has 0 saturated carbocycles. The van der Waals surface area contributed by atoms with Crippen LogP contribution in [0.1, 0.15) is 19.5 Å². The predicted molar refractivity (Wildman–Crippen MR) is 80.6 cm³/mol. The van der Waals surface area contributed by atoms with E-state index < -0.39 is 0 Å². The zero-order valence-electron chi connectivity index (χ0n) is 12.3. The van der Waals surface area contributed by atoms with Crippen molar-refractivity contribution < 1.29 is 4.74 Å². The molecule has 4 heteroatoms. The van der Waals surface area contributed by atoms with Gasteiger partial charge in [0.2, 0.25) is 0 Å². The molecule has 0 aliphatic rings. The molecule has 1 heterocycles. The molecular formula is C16H21N3O. The van der Waals surface area contributed by atoms with Gasteiger partial charge in [0.15, 0.2) is 5.82 Å². The van der Waals surface area contributed by atoms with Gasteiger partial charge in [0.1, 0.15) is 5.75 Å². The Bertz CT molecular complexity index is 538. The third kappa shape index (κ3) is 4.03. The molecule has 0 spiro atoms. The topological polar surface area (TPSA) is 47.0 Å². The highest BCUT2D eigenvalue weighted by Gasteiger charge is 2.03. The maximum Gasteiger partial charge on any atom is 0.159 e. The van der Waals surface area contributed by atoms with Crippen LogP contribution >= 0.6 is 0 Å². The van der Waals surface area contributed by atoms with Crippen molar-refractivity contribution in [2.75, 3.05) is 13.7 Å². The fraction of sp³-hybridized carbons (Fsp3) is 0.375. The molecule has 0 bridgehead atoms. The summed E-state index contributed by atoms with van der Waals surface area (Å²) in [5, 5.41) is 3.39. The highest BCUT2D eigenvalue weighted by atomic mass is 16.5. The highest BCUT2D eigenvalue weighted by molar-refractivity contribution is 5.56. The van der Waals surface area contributed by atoms with Crippen molar-refractivity contribution in [2.45, 2.75) is 20.4 Å². The van der Waals surface area contributed by atoms with Crippen molar-refractivity contribution in [3.05, 3.63) is 42.2 Å². The van der Waals surface area contributed by atoms with E-state index in [-0.39, 0.29) is 0 Å². The van der Waals surface area contributed by atoms with Gasteiger partial charge >= 0.3 is 0 Å². The van der Waals surface area contributed by atoms with Crippen molar-refractivity contribution in [1.82, 2.24) is 15.3 Å². The first kappa shape index (κ1) is 14.5. The molecule has 106 valence electrons. The van der Waals surface area contributed by atoms with Gasteiger partial charge < -0.3 is 10.1 Å². The monoisotopic (exact) mass is 271 g/mol. The van der Waals surface area contributed by atoms with Gasteiger partial charge in [-0.3, -0.25) is 0 Å². The molecule has 0 unspecified atom stereocenters. The standard InChI is InChI=1S/C16H21N3O/c1-12(2)10-17-11-14-8-9-18-16(19-14)13-4-6-15(20-3)7-5-13/h4-9,12,17H,10-11H2,1-3H3. The lowest BCUT2D eigenvalue weighted by molar-refractivity contribution is 0.415. The molecule has 0 fully saturated rings. The van der Waals surface area contributed by atoms with Gasteiger partial charge in [0.25, 0.3) is 0 Å². The van der Waals surface area contributed by atoms with E-state index in [0.29, 0.717) is 5.92 Å². The molecule has 2 aromatic rings. The van der Waals surface area contributed by atoms with Crippen molar-refractivity contribution >= 4 is 0 Å². The summed E-state index contributed by atoms with van der Waals surface area (Å²) >= 11 is 0. The van der Waals surface area contributed by atoms with Crippen LogP contribution in [0.15, 0.2) is 36.5 Å². The normalized spacial score (nSPS) is 10.8. The maximum atomic E-state index is 5.15. The Morgan fingerprint density at radius 1 is 1.15 bits per heavy atom. The van der Waals surface area contributed by atoms with Crippen LogP contribution in [-0.4, -0.2) is 23.6 Å². The minimum Gasteiger partial charge on any atom is -0.497 e. The zero-order chi connectivity index (χ0) is 14.4. The molecule has 2 rings (SSSR count). The summed E-state index contributed by atoms with van der Waals surface area (Å²) in [7, 11) is 1.66. The van der Waals surface area contributed by atoms with Crippen LogP contribution in [0.3, 0.4) is 0 Å². The van der Waals surface area contributed by atoms with Crippen LogP contribution in [0.25, 0.3) is 11.4 Å². The van der Waals surface area contributed by atoms with Gasteiger partial charge in [-0.1, -0.05) is 13.8 Å². The van der Waals surface area contributed by atoms with E-state index in [4.69, 9.17) is 4.74 Å². The van der Waals surface area contributed by atoms with E-state index in [2.05, 4.69) is 29.1 Å². The number of benzene rings is 1. The Hall–Kier alpha value is -1.94. The molecule has 0 saturated heterocycles. The van der Waals surface area contributed by atoms with Crippen molar-refractivity contribution in [3.63, 3.8) is 0 Å². The number of hydrogen-bond donors (Lipinski definition) is 1. The Labute approximate surface area is 120 Å². The highest BCUT2D eigenvalue weighted by Crippen LogP contribution is 2.18. The average Bonchev–Trinajstić information content (AvgIpc) is 2.47. The van der Waals surface area contributed by atoms with E-state index in [1.54, 1.807) is 13.3 Å². The number of rotatable bonds is 6. The van der Waals surface area contributed by atoms with Crippen molar-refractivity contribution in [3.8, 4) is 17.1 Å². The summed E-state index contributed by atoms with van der Waals surface area (Å²) in [6.45, 7) is 6.14. The summed E-state index contributed by atoms with van der Waals surface area (Å²) in [6, 6.07) is 9.73. The fourth-order valence-corrected chi connectivity index (χ4v) is 1.86. The van der Waals surface area contributed by atoms with Gasteiger partial charge in [-0.25, -0.2) is 9.97 Å². The van der Waals surface area contributed by atoms with Crippen molar-refractivity contribution in [2.24, 2.45) is 5.92 Å². The number of methoxy groups -OCH3 is 1. The van der Waals surface area contributed by atoms with Gasteiger partial charge in [-0.15, -0.1) is 0 Å². The Morgan fingerprint density at radius 2 is 1.90 bits per heavy atom. The molecule has 0 radical (unpaired) electrons. The number of hydrogen-bond acceptors (Lipinski definition) is 4. The summed E-state index contributed by atoms with van der Waals surface area (Å²) in [6.07, 6.45) is 1.80. The first-order valence-electron chi connectivity index (χ1n) is 6.86. The SMILES string of the molecule is COc1ccc(-c2nccc(CNCC(C)C)n2)cc1. The molecule has 20 heavy (non-hydrogen) atoms. The molecule has 1 aromatic heterocycles. The molecule has 0 amide bonds. The van der Waals surface area contributed by atoms with Gasteiger partial charge in [0, 0.05) is 18.3 Å². The van der Waals surface area contributed by atoms with E-state index in [0.717, 1.165) is 35.9 Å². The summed E-state index contributed by atoms with van der Waals surface area (Å²) in [4.78, 5) is 8.91. The zero-order valence-corrected chi connectivity index (χ0v) is 12.3. The van der Waals surface area contributed by atoms with Crippen LogP contribution < -0.4 is 10.1 Å². The first-order chi connectivity index (χ1) is 9.69. The van der Waals surface area contributed by atoms with E-state index in [1.165, 1.54) is 0 Å². The number of nitrogens with zero attached hydrogens (tertiary/aromatic N) is 2. The van der Waals surface area contributed by atoms with E-state index >= 15 is 0 Å². The van der Waals surface area contributed by atoms with E-state index in [1.807, 2.05) is 30.3 Å². The number of ether oxygens (including phenoxy) is 1.